The van der Waals surface area contributed by atoms with Crippen LogP contribution < -0.4 is 19.0 Å². The highest BCUT2D eigenvalue weighted by atomic mass is 32.1. The summed E-state index contributed by atoms with van der Waals surface area (Å²) in [6.45, 7) is 0.299. The van der Waals surface area contributed by atoms with E-state index in [0.29, 0.717) is 22.0 Å². The third kappa shape index (κ3) is 4.24. The minimum absolute atomic E-state index is 0.0667. The van der Waals surface area contributed by atoms with Gasteiger partial charge in [-0.25, -0.2) is 0 Å². The second-order valence-corrected chi connectivity index (χ2v) is 7.15. The summed E-state index contributed by atoms with van der Waals surface area (Å²) >= 11 is 1.29. The third-order valence-corrected chi connectivity index (χ3v) is 5.28. The van der Waals surface area contributed by atoms with Gasteiger partial charge in [0.1, 0.15) is 12.3 Å². The molecule has 0 saturated heterocycles. The number of fused-ring (bicyclic) bond motifs is 2. The van der Waals surface area contributed by atoms with Gasteiger partial charge in [0.2, 0.25) is 6.79 Å². The van der Waals surface area contributed by atoms with Crippen LogP contribution in [0.25, 0.3) is 10.2 Å². The third-order valence-electron chi connectivity index (χ3n) is 4.24. The Morgan fingerprint density at radius 1 is 1.17 bits per heavy atom. The molecule has 2 aromatic carbocycles. The first-order chi connectivity index (χ1) is 14.1. The minimum atomic E-state index is -0.441. The summed E-state index contributed by atoms with van der Waals surface area (Å²) in [5.41, 5.74) is 0.719. The van der Waals surface area contributed by atoms with Crippen molar-refractivity contribution in [2.75, 3.05) is 20.5 Å². The summed E-state index contributed by atoms with van der Waals surface area (Å²) in [7, 11) is 1.31. The SMILES string of the molecule is COC(=O)Cn1c(=NC(=O)CCOc2ccccc2)sc2cc3c(cc21)OCO3. The summed E-state index contributed by atoms with van der Waals surface area (Å²) in [6, 6.07) is 12.8. The molecule has 0 spiro atoms. The Labute approximate surface area is 169 Å². The fourth-order valence-corrected chi connectivity index (χ4v) is 3.88. The summed E-state index contributed by atoms with van der Waals surface area (Å²) in [5.74, 6) is 1.12. The molecule has 1 aliphatic heterocycles. The van der Waals surface area contributed by atoms with Crippen molar-refractivity contribution in [3.63, 3.8) is 0 Å². The number of carbonyl (C=O) groups excluding carboxylic acids is 2. The number of thiazole rings is 1. The van der Waals surface area contributed by atoms with Crippen molar-refractivity contribution in [3.05, 3.63) is 47.3 Å². The Hall–Kier alpha value is -3.33. The van der Waals surface area contributed by atoms with E-state index in [4.69, 9.17) is 18.9 Å². The van der Waals surface area contributed by atoms with Crippen molar-refractivity contribution in [1.29, 1.82) is 0 Å². The second kappa shape index (κ2) is 8.36. The zero-order valence-electron chi connectivity index (χ0n) is 15.6. The highest BCUT2D eigenvalue weighted by Gasteiger charge is 2.19. The molecule has 2 heterocycles. The number of methoxy groups -OCH3 is 1. The molecule has 0 radical (unpaired) electrons. The van der Waals surface area contributed by atoms with Crippen LogP contribution in [0.4, 0.5) is 0 Å². The van der Waals surface area contributed by atoms with Crippen molar-refractivity contribution in [3.8, 4) is 17.2 Å². The van der Waals surface area contributed by atoms with Gasteiger partial charge < -0.3 is 23.5 Å². The molecule has 3 aromatic rings. The molecule has 0 bridgehead atoms. The maximum Gasteiger partial charge on any atom is 0.325 e. The first kappa shape index (κ1) is 19.0. The molecule has 0 atom stereocenters. The number of aromatic nitrogens is 1. The number of nitrogens with zero attached hydrogens (tertiary/aromatic N) is 2. The second-order valence-electron chi connectivity index (χ2n) is 6.14. The van der Waals surface area contributed by atoms with Crippen LogP contribution in [0.3, 0.4) is 0 Å². The van der Waals surface area contributed by atoms with Gasteiger partial charge in [-0.2, -0.15) is 4.99 Å². The molecule has 0 N–H and O–H groups in total. The van der Waals surface area contributed by atoms with Gasteiger partial charge in [-0.3, -0.25) is 9.59 Å². The quantitative estimate of drug-likeness (QED) is 0.576. The standard InChI is InChI=1S/C20H18N2O6S/c1-25-19(24)11-22-14-9-15-16(28-12-27-15)10-17(14)29-20(22)21-18(23)7-8-26-13-5-3-2-4-6-13/h2-6,9-10H,7-8,11-12H2,1H3. The van der Waals surface area contributed by atoms with E-state index in [1.807, 2.05) is 36.4 Å². The predicted octanol–water partition coefficient (Wildman–Crippen LogP) is 2.50. The number of rotatable bonds is 6. The fraction of sp³-hybridized carbons (Fsp3) is 0.250. The van der Waals surface area contributed by atoms with E-state index in [0.717, 1.165) is 10.2 Å². The number of amides is 1. The normalized spacial score (nSPS) is 12.9. The largest absolute Gasteiger partial charge is 0.493 e. The molecule has 29 heavy (non-hydrogen) atoms. The van der Waals surface area contributed by atoms with Gasteiger partial charge in [0.25, 0.3) is 5.91 Å². The van der Waals surface area contributed by atoms with E-state index in [-0.39, 0.29) is 32.3 Å². The van der Waals surface area contributed by atoms with E-state index in [1.165, 1.54) is 18.4 Å². The zero-order chi connectivity index (χ0) is 20.2. The lowest BCUT2D eigenvalue weighted by molar-refractivity contribution is -0.141. The van der Waals surface area contributed by atoms with E-state index in [9.17, 15) is 9.59 Å². The molecule has 8 nitrogen and oxygen atoms in total. The van der Waals surface area contributed by atoms with E-state index < -0.39 is 5.97 Å². The Bertz CT molecular complexity index is 1120. The number of hydrogen-bond acceptors (Lipinski definition) is 7. The molecule has 9 heteroatoms. The lowest BCUT2D eigenvalue weighted by Gasteiger charge is -2.05. The maximum atomic E-state index is 12.4. The molecule has 0 unspecified atom stereocenters. The van der Waals surface area contributed by atoms with Gasteiger partial charge in [-0.05, 0) is 12.1 Å². The number of para-hydroxylation sites is 1. The fourth-order valence-electron chi connectivity index (χ4n) is 2.83. The molecular weight excluding hydrogens is 396 g/mol. The maximum absolute atomic E-state index is 12.4. The van der Waals surface area contributed by atoms with Crippen LogP contribution in [0.2, 0.25) is 0 Å². The summed E-state index contributed by atoms with van der Waals surface area (Å²) in [6.07, 6.45) is 0.115. The smallest absolute Gasteiger partial charge is 0.325 e. The summed E-state index contributed by atoms with van der Waals surface area (Å²) in [4.78, 5) is 28.8. The van der Waals surface area contributed by atoms with Crippen molar-refractivity contribution in [2.24, 2.45) is 4.99 Å². The Morgan fingerprint density at radius 3 is 2.69 bits per heavy atom. The lowest BCUT2D eigenvalue weighted by atomic mass is 10.3. The average Bonchev–Trinajstić information content (AvgIpc) is 3.31. The van der Waals surface area contributed by atoms with Gasteiger partial charge >= 0.3 is 5.97 Å². The molecule has 150 valence electrons. The van der Waals surface area contributed by atoms with Crippen LogP contribution in [-0.4, -0.2) is 37.0 Å². The molecular formula is C20H18N2O6S. The Kier molecular flexibility index (Phi) is 5.48. The Balaban J connectivity index is 1.59. The molecule has 1 aromatic heterocycles. The van der Waals surface area contributed by atoms with E-state index in [1.54, 1.807) is 10.6 Å². The lowest BCUT2D eigenvalue weighted by Crippen LogP contribution is -2.22. The topological polar surface area (TPSA) is 88.4 Å². The van der Waals surface area contributed by atoms with Gasteiger partial charge in [0.05, 0.1) is 30.4 Å². The molecule has 0 aliphatic carbocycles. The first-order valence-corrected chi connectivity index (χ1v) is 9.71. The predicted molar refractivity (Wildman–Crippen MR) is 105 cm³/mol. The summed E-state index contributed by atoms with van der Waals surface area (Å²) < 4.78 is 23.6. The van der Waals surface area contributed by atoms with Gasteiger partial charge in [-0.1, -0.05) is 29.5 Å². The molecule has 1 aliphatic rings. The van der Waals surface area contributed by atoms with Crippen molar-refractivity contribution >= 4 is 33.4 Å². The summed E-state index contributed by atoms with van der Waals surface area (Å²) in [5, 5.41) is 0. The number of ether oxygens (including phenoxy) is 4. The molecule has 0 fully saturated rings. The highest BCUT2D eigenvalue weighted by Crippen LogP contribution is 2.37. The van der Waals surface area contributed by atoms with Crippen LogP contribution in [-0.2, 0) is 20.9 Å². The van der Waals surface area contributed by atoms with E-state index >= 15 is 0 Å². The van der Waals surface area contributed by atoms with Gasteiger partial charge in [-0.15, -0.1) is 0 Å². The molecule has 1 amide bonds. The zero-order valence-corrected chi connectivity index (χ0v) is 16.4. The van der Waals surface area contributed by atoms with Crippen LogP contribution in [0.1, 0.15) is 6.42 Å². The minimum Gasteiger partial charge on any atom is -0.493 e. The number of benzene rings is 2. The van der Waals surface area contributed by atoms with Crippen LogP contribution >= 0.6 is 11.3 Å². The van der Waals surface area contributed by atoms with Crippen molar-refractivity contribution in [2.45, 2.75) is 13.0 Å². The van der Waals surface area contributed by atoms with Gasteiger partial charge in [0, 0.05) is 12.1 Å². The van der Waals surface area contributed by atoms with Gasteiger partial charge in [0.15, 0.2) is 16.3 Å². The highest BCUT2D eigenvalue weighted by molar-refractivity contribution is 7.16. The van der Waals surface area contributed by atoms with Crippen molar-refractivity contribution < 1.29 is 28.5 Å². The van der Waals surface area contributed by atoms with E-state index in [2.05, 4.69) is 4.99 Å². The van der Waals surface area contributed by atoms with Crippen LogP contribution in [0.15, 0.2) is 47.5 Å². The average molecular weight is 414 g/mol. The number of esters is 1. The molecule has 4 rings (SSSR count). The Morgan fingerprint density at radius 2 is 1.93 bits per heavy atom. The van der Waals surface area contributed by atoms with Crippen LogP contribution in [0, 0.1) is 0 Å². The number of hydrogen-bond donors (Lipinski definition) is 0. The van der Waals surface area contributed by atoms with Crippen LogP contribution in [0.5, 0.6) is 17.2 Å². The van der Waals surface area contributed by atoms with Crippen molar-refractivity contribution in [1.82, 2.24) is 4.57 Å². The molecule has 0 saturated carbocycles. The monoisotopic (exact) mass is 414 g/mol. The first-order valence-electron chi connectivity index (χ1n) is 8.89. The number of carbonyl (C=O) groups is 2.